The van der Waals surface area contributed by atoms with Crippen molar-refractivity contribution in [3.8, 4) is 34.8 Å². The van der Waals surface area contributed by atoms with Crippen molar-refractivity contribution in [1.29, 1.82) is 5.26 Å². The Labute approximate surface area is 218 Å². The molecule has 0 saturated carbocycles. The van der Waals surface area contributed by atoms with Gasteiger partial charge in [-0.2, -0.15) is 5.26 Å². The third-order valence-electron chi connectivity index (χ3n) is 5.87. The zero-order valence-electron chi connectivity index (χ0n) is 20.8. The highest BCUT2D eigenvalue weighted by molar-refractivity contribution is 7.93. The molecule has 38 heavy (non-hydrogen) atoms. The topological polar surface area (TPSA) is 152 Å². The predicted octanol–water partition coefficient (Wildman–Crippen LogP) is 3.73. The summed E-state index contributed by atoms with van der Waals surface area (Å²) in [4.78, 5) is 0. The number of methoxy groups -OCH3 is 2. The Morgan fingerprint density at radius 2 is 1.82 bits per heavy atom. The largest absolute Gasteiger partial charge is 0.494 e. The average molecular weight is 542 g/mol. The average Bonchev–Trinajstić information content (AvgIpc) is 3.52. The molecule has 4 aromatic rings. The van der Waals surface area contributed by atoms with Crippen molar-refractivity contribution in [1.82, 2.24) is 14.8 Å². The minimum Gasteiger partial charge on any atom is -0.494 e. The zero-order chi connectivity index (χ0) is 27.6. The summed E-state index contributed by atoms with van der Waals surface area (Å²) in [7, 11) is -1.52. The van der Waals surface area contributed by atoms with Crippen LogP contribution in [0.4, 0.5) is 10.3 Å². The van der Waals surface area contributed by atoms with E-state index >= 15 is 0 Å². The van der Waals surface area contributed by atoms with Gasteiger partial charge in [-0.3, -0.25) is 9.29 Å². The number of rotatable bonds is 9. The molecule has 2 atom stereocenters. The smallest absolute Gasteiger partial charge is 0.243 e. The minimum absolute atomic E-state index is 0.0339. The maximum atomic E-state index is 14.5. The summed E-state index contributed by atoms with van der Waals surface area (Å²) in [6.45, 7) is 2.95. The van der Waals surface area contributed by atoms with Crippen LogP contribution in [0.3, 0.4) is 0 Å². The highest BCUT2D eigenvalue weighted by Crippen LogP contribution is 2.38. The van der Waals surface area contributed by atoms with Gasteiger partial charge in [-0.25, -0.2) is 12.8 Å². The Morgan fingerprint density at radius 3 is 2.37 bits per heavy atom. The number of nitriles is 1. The van der Waals surface area contributed by atoms with Crippen molar-refractivity contribution >= 4 is 16.0 Å². The van der Waals surface area contributed by atoms with Crippen molar-refractivity contribution in [3.63, 3.8) is 0 Å². The number of furan rings is 1. The zero-order valence-corrected chi connectivity index (χ0v) is 21.7. The van der Waals surface area contributed by atoms with E-state index in [1.165, 1.54) is 37.8 Å². The molecule has 2 heterocycles. The third-order valence-corrected chi connectivity index (χ3v) is 7.57. The quantitative estimate of drug-likeness (QED) is 0.323. The standard InChI is InChI=1S/C25H24FN5O6S/c1-14-8-11-21(37-14)24-28-29-25(31(24)22-19(35-3)6-5-7-20(22)36-4)30-38(33,34)15(2)23(32)17-10-9-16(13-27)12-18(17)26/h5-12,15,23,32H,1-4H3,(H,29,30)/t15-,23-/m1/s1. The fraction of sp³-hybridized carbons (Fsp3) is 0.240. The lowest BCUT2D eigenvalue weighted by Gasteiger charge is -2.22. The fourth-order valence-electron chi connectivity index (χ4n) is 3.81. The van der Waals surface area contributed by atoms with Crippen molar-refractivity contribution in [2.75, 3.05) is 18.9 Å². The molecule has 0 spiro atoms. The number of hydrogen-bond donors (Lipinski definition) is 2. The Balaban J connectivity index is 1.81. The molecule has 2 aromatic carbocycles. The number of hydrogen-bond acceptors (Lipinski definition) is 9. The molecule has 4 rings (SSSR count). The van der Waals surface area contributed by atoms with Crippen molar-refractivity contribution < 1.29 is 31.8 Å². The number of aliphatic hydroxyl groups is 1. The summed E-state index contributed by atoms with van der Waals surface area (Å²) < 4.78 is 61.7. The van der Waals surface area contributed by atoms with Crippen LogP contribution in [0.5, 0.6) is 11.5 Å². The summed E-state index contributed by atoms with van der Waals surface area (Å²) in [5, 5.41) is 26.3. The number of para-hydroxylation sites is 1. The van der Waals surface area contributed by atoms with Crippen LogP contribution in [0.2, 0.25) is 0 Å². The molecular weight excluding hydrogens is 517 g/mol. The number of aliphatic hydroxyl groups excluding tert-OH is 1. The van der Waals surface area contributed by atoms with E-state index in [0.29, 0.717) is 23.0 Å². The Hall–Kier alpha value is -4.41. The Bertz CT molecular complexity index is 1600. The van der Waals surface area contributed by atoms with Gasteiger partial charge in [-0.1, -0.05) is 12.1 Å². The highest BCUT2D eigenvalue weighted by atomic mass is 32.2. The lowest BCUT2D eigenvalue weighted by atomic mass is 10.0. The van der Waals surface area contributed by atoms with E-state index in [4.69, 9.17) is 19.2 Å². The number of sulfonamides is 1. The molecule has 2 aromatic heterocycles. The van der Waals surface area contributed by atoms with Crippen LogP contribution in [0.1, 0.15) is 29.9 Å². The van der Waals surface area contributed by atoms with E-state index in [1.54, 1.807) is 43.3 Å². The van der Waals surface area contributed by atoms with Gasteiger partial charge in [-0.15, -0.1) is 10.2 Å². The first-order chi connectivity index (χ1) is 18.1. The lowest BCUT2D eigenvalue weighted by Crippen LogP contribution is -2.32. The van der Waals surface area contributed by atoms with Gasteiger partial charge in [0.25, 0.3) is 0 Å². The van der Waals surface area contributed by atoms with Crippen molar-refractivity contribution in [2.24, 2.45) is 0 Å². The van der Waals surface area contributed by atoms with Crippen molar-refractivity contribution in [3.05, 3.63) is 71.2 Å². The van der Waals surface area contributed by atoms with E-state index in [1.807, 2.05) is 0 Å². The van der Waals surface area contributed by atoms with Gasteiger partial charge in [0.1, 0.15) is 40.1 Å². The number of aryl methyl sites for hydroxylation is 1. The summed E-state index contributed by atoms with van der Waals surface area (Å²) >= 11 is 0. The van der Waals surface area contributed by atoms with Crippen LogP contribution in [0.15, 0.2) is 52.9 Å². The monoisotopic (exact) mass is 541 g/mol. The van der Waals surface area contributed by atoms with E-state index in [9.17, 15) is 17.9 Å². The molecule has 0 bridgehead atoms. The second-order valence-electron chi connectivity index (χ2n) is 8.25. The molecule has 0 unspecified atom stereocenters. The van der Waals surface area contributed by atoms with E-state index in [2.05, 4.69) is 14.9 Å². The minimum atomic E-state index is -4.39. The first kappa shape index (κ1) is 26.6. The maximum Gasteiger partial charge on any atom is 0.243 e. The van der Waals surface area contributed by atoms with E-state index < -0.39 is 27.2 Å². The van der Waals surface area contributed by atoms with Crippen LogP contribution in [-0.4, -0.2) is 47.8 Å². The second kappa shape index (κ2) is 10.5. The normalized spacial score (nSPS) is 13.0. The number of halogens is 1. The lowest BCUT2D eigenvalue weighted by molar-refractivity contribution is 0.171. The molecule has 0 aliphatic rings. The number of benzene rings is 2. The highest BCUT2D eigenvalue weighted by Gasteiger charge is 2.34. The molecule has 0 aliphatic heterocycles. The SMILES string of the molecule is COc1cccc(OC)c1-n1c(NS(=O)(=O)[C@H](C)[C@@H](O)c2ccc(C#N)cc2F)nnc1-c1ccc(C)o1. The van der Waals surface area contributed by atoms with Crippen LogP contribution >= 0.6 is 0 Å². The van der Waals surface area contributed by atoms with Gasteiger partial charge in [-0.05, 0) is 50.2 Å². The maximum absolute atomic E-state index is 14.5. The van der Waals surface area contributed by atoms with Gasteiger partial charge in [0.2, 0.25) is 21.8 Å². The number of anilines is 1. The van der Waals surface area contributed by atoms with Crippen LogP contribution < -0.4 is 14.2 Å². The number of nitrogens with one attached hydrogen (secondary N) is 1. The van der Waals surface area contributed by atoms with Gasteiger partial charge in [0.05, 0.1) is 25.9 Å². The molecule has 0 amide bonds. The number of aromatic nitrogens is 3. The molecule has 0 fully saturated rings. The van der Waals surface area contributed by atoms with Crippen LogP contribution in [0.25, 0.3) is 17.3 Å². The van der Waals surface area contributed by atoms with Crippen LogP contribution in [0, 0.1) is 24.1 Å². The molecular formula is C25H24FN5O6S. The predicted molar refractivity (Wildman–Crippen MR) is 135 cm³/mol. The molecule has 0 aliphatic carbocycles. The number of ether oxygens (including phenoxy) is 2. The molecule has 0 saturated heterocycles. The Kier molecular flexibility index (Phi) is 7.38. The number of nitrogens with zero attached hydrogens (tertiary/aromatic N) is 4. The fourth-order valence-corrected chi connectivity index (χ4v) is 4.87. The van der Waals surface area contributed by atoms with Gasteiger partial charge in [0.15, 0.2) is 5.76 Å². The summed E-state index contributed by atoms with van der Waals surface area (Å²) in [5.41, 5.74) is 0.0451. The van der Waals surface area contributed by atoms with Crippen molar-refractivity contribution in [2.45, 2.75) is 25.2 Å². The summed E-state index contributed by atoms with van der Waals surface area (Å²) in [5.74, 6) is 0.506. The van der Waals surface area contributed by atoms with E-state index in [0.717, 1.165) is 6.07 Å². The molecule has 11 nitrogen and oxygen atoms in total. The van der Waals surface area contributed by atoms with Gasteiger partial charge in [0, 0.05) is 5.56 Å². The third kappa shape index (κ3) is 4.91. The molecule has 2 N–H and O–H groups in total. The first-order valence-electron chi connectivity index (χ1n) is 11.2. The van der Waals surface area contributed by atoms with Crippen LogP contribution in [-0.2, 0) is 10.0 Å². The molecule has 0 radical (unpaired) electrons. The summed E-state index contributed by atoms with van der Waals surface area (Å²) in [6, 6.07) is 13.5. The van der Waals surface area contributed by atoms with Gasteiger partial charge >= 0.3 is 0 Å². The summed E-state index contributed by atoms with van der Waals surface area (Å²) in [6.07, 6.45) is -1.76. The second-order valence-corrected chi connectivity index (χ2v) is 10.3. The van der Waals surface area contributed by atoms with Gasteiger partial charge < -0.3 is 19.0 Å². The Morgan fingerprint density at radius 1 is 1.13 bits per heavy atom. The molecule has 198 valence electrons. The van der Waals surface area contributed by atoms with E-state index in [-0.39, 0.29) is 28.6 Å². The molecule has 13 heteroatoms. The first-order valence-corrected chi connectivity index (χ1v) is 12.8.